The zero-order chi connectivity index (χ0) is 21.8. The molecule has 4 aliphatic carbocycles. The molecule has 0 atom stereocenters. The van der Waals surface area contributed by atoms with Crippen LogP contribution in [0.1, 0.15) is 38.5 Å². The Balaban J connectivity index is 1.17. The molecule has 0 aromatic carbocycles. The molecule has 5 fully saturated rings. The van der Waals surface area contributed by atoms with Gasteiger partial charge in [0.1, 0.15) is 4.21 Å². The molecule has 7 nitrogen and oxygen atoms in total. The Kier molecular flexibility index (Phi) is 5.42. The summed E-state index contributed by atoms with van der Waals surface area (Å²) in [4.78, 5) is 29.9. The molecule has 1 aliphatic heterocycles. The fraction of sp³-hybridized carbons (Fsp3) is 0.727. The normalized spacial score (nSPS) is 32.6. The smallest absolute Gasteiger partial charge is 0.252 e. The predicted molar refractivity (Wildman–Crippen MR) is 118 cm³/mol. The number of likely N-dealkylation sites (N-methyl/N-ethyl adjacent to an activating group) is 1. The van der Waals surface area contributed by atoms with Gasteiger partial charge in [0.15, 0.2) is 0 Å². The van der Waals surface area contributed by atoms with E-state index in [0.29, 0.717) is 32.1 Å². The molecule has 0 spiro atoms. The van der Waals surface area contributed by atoms with Crippen LogP contribution in [0.3, 0.4) is 0 Å². The lowest BCUT2D eigenvalue weighted by Crippen LogP contribution is -2.59. The summed E-state index contributed by atoms with van der Waals surface area (Å²) in [6.07, 6.45) is 7.12. The first-order valence-corrected chi connectivity index (χ1v) is 13.7. The molecule has 1 aromatic rings. The lowest BCUT2D eigenvalue weighted by atomic mass is 9.49. The highest BCUT2D eigenvalue weighted by molar-refractivity contribution is 7.91. The van der Waals surface area contributed by atoms with Crippen molar-refractivity contribution in [2.45, 2.75) is 42.7 Å². The second kappa shape index (κ2) is 7.85. The number of carbonyl (C=O) groups excluding carboxylic acids is 2. The third kappa shape index (κ3) is 3.82. The lowest BCUT2D eigenvalue weighted by Gasteiger charge is -2.57. The Morgan fingerprint density at radius 3 is 2.10 bits per heavy atom. The first kappa shape index (κ1) is 21.4. The van der Waals surface area contributed by atoms with Gasteiger partial charge in [-0.25, -0.2) is 8.42 Å². The molecule has 5 aliphatic rings. The standard InChI is InChI=1S/C22H31N3O4S2/c1-23(31(28,29)20-3-2-8-30-20)15-19(26)24-4-6-25(7-5-24)21(27)22-12-16-9-17(13-22)11-18(10-16)14-22/h2-3,8,16-18H,4-7,9-15H2,1H3. The number of hydrogen-bond acceptors (Lipinski definition) is 5. The van der Waals surface area contributed by atoms with Gasteiger partial charge in [-0.05, 0) is 67.7 Å². The van der Waals surface area contributed by atoms with E-state index in [1.807, 2.05) is 4.90 Å². The maximum atomic E-state index is 13.5. The SMILES string of the molecule is CN(CC(=O)N1CCN(C(=O)C23CC4CC(CC(C4)C2)C3)CC1)S(=O)(=O)c1cccs1. The van der Waals surface area contributed by atoms with E-state index in [-0.39, 0.29) is 22.1 Å². The summed E-state index contributed by atoms with van der Waals surface area (Å²) in [5.74, 6) is 2.32. The molecular weight excluding hydrogens is 434 g/mol. The van der Waals surface area contributed by atoms with Crippen molar-refractivity contribution in [1.29, 1.82) is 0 Å². The van der Waals surface area contributed by atoms with Gasteiger partial charge in [0.25, 0.3) is 10.0 Å². The van der Waals surface area contributed by atoms with Gasteiger partial charge in [0.05, 0.1) is 12.0 Å². The number of amides is 2. The number of hydrogen-bond donors (Lipinski definition) is 0. The largest absolute Gasteiger partial charge is 0.339 e. The van der Waals surface area contributed by atoms with E-state index in [1.165, 1.54) is 26.3 Å². The molecule has 0 N–H and O–H groups in total. The van der Waals surface area contributed by atoms with Crippen LogP contribution in [-0.4, -0.2) is 74.1 Å². The average Bonchev–Trinajstić information content (AvgIpc) is 3.28. The summed E-state index contributed by atoms with van der Waals surface area (Å²) in [5, 5.41) is 1.71. The van der Waals surface area contributed by atoms with Crippen molar-refractivity contribution >= 4 is 33.2 Å². The van der Waals surface area contributed by atoms with Gasteiger partial charge in [-0.2, -0.15) is 4.31 Å². The van der Waals surface area contributed by atoms with E-state index in [9.17, 15) is 18.0 Å². The fourth-order valence-electron chi connectivity index (χ4n) is 6.81. The maximum absolute atomic E-state index is 13.5. The van der Waals surface area contributed by atoms with Crippen LogP contribution in [0.4, 0.5) is 0 Å². The van der Waals surface area contributed by atoms with E-state index in [4.69, 9.17) is 0 Å². The Morgan fingerprint density at radius 2 is 1.58 bits per heavy atom. The third-order valence-electron chi connectivity index (χ3n) is 7.93. The van der Waals surface area contributed by atoms with Gasteiger partial charge in [-0.1, -0.05) is 6.07 Å². The van der Waals surface area contributed by atoms with Crippen LogP contribution < -0.4 is 0 Å². The fourth-order valence-corrected chi connectivity index (χ4v) is 9.13. The van der Waals surface area contributed by atoms with Crippen molar-refractivity contribution in [3.63, 3.8) is 0 Å². The molecule has 0 radical (unpaired) electrons. The molecule has 9 heteroatoms. The minimum absolute atomic E-state index is 0.143. The van der Waals surface area contributed by atoms with Gasteiger partial charge in [0, 0.05) is 33.2 Å². The number of piperazine rings is 1. The molecule has 0 unspecified atom stereocenters. The van der Waals surface area contributed by atoms with Crippen LogP contribution in [0.15, 0.2) is 21.7 Å². The molecule has 31 heavy (non-hydrogen) atoms. The highest BCUT2D eigenvalue weighted by Gasteiger charge is 2.55. The summed E-state index contributed by atoms with van der Waals surface area (Å²) < 4.78 is 26.5. The Morgan fingerprint density at radius 1 is 1.03 bits per heavy atom. The van der Waals surface area contributed by atoms with Crippen LogP contribution in [-0.2, 0) is 19.6 Å². The minimum atomic E-state index is -3.64. The highest BCUT2D eigenvalue weighted by atomic mass is 32.2. The predicted octanol–water partition coefficient (Wildman–Crippen LogP) is 2.26. The first-order valence-electron chi connectivity index (χ1n) is 11.3. The summed E-state index contributed by atoms with van der Waals surface area (Å²) >= 11 is 1.15. The van der Waals surface area contributed by atoms with Crippen molar-refractivity contribution in [3.05, 3.63) is 17.5 Å². The Hall–Kier alpha value is -1.45. The summed E-state index contributed by atoms with van der Waals surface area (Å²) in [6, 6.07) is 3.24. The van der Waals surface area contributed by atoms with E-state index in [0.717, 1.165) is 52.7 Å². The number of rotatable bonds is 5. The Bertz CT molecular complexity index is 916. The van der Waals surface area contributed by atoms with Gasteiger partial charge in [-0.3, -0.25) is 9.59 Å². The number of thiophene rings is 1. The van der Waals surface area contributed by atoms with Gasteiger partial charge in [0.2, 0.25) is 11.8 Å². The van der Waals surface area contributed by atoms with Crippen LogP contribution >= 0.6 is 11.3 Å². The Labute approximate surface area is 188 Å². The zero-order valence-electron chi connectivity index (χ0n) is 18.0. The molecule has 2 heterocycles. The minimum Gasteiger partial charge on any atom is -0.339 e. The van der Waals surface area contributed by atoms with Gasteiger partial charge < -0.3 is 9.80 Å². The van der Waals surface area contributed by atoms with Crippen LogP contribution in [0.5, 0.6) is 0 Å². The van der Waals surface area contributed by atoms with E-state index >= 15 is 0 Å². The van der Waals surface area contributed by atoms with Crippen molar-refractivity contribution in [3.8, 4) is 0 Å². The van der Waals surface area contributed by atoms with Crippen molar-refractivity contribution in [2.75, 3.05) is 39.8 Å². The third-order valence-corrected chi connectivity index (χ3v) is 11.1. The van der Waals surface area contributed by atoms with Gasteiger partial charge >= 0.3 is 0 Å². The average molecular weight is 466 g/mol. The topological polar surface area (TPSA) is 78.0 Å². The monoisotopic (exact) mass is 465 g/mol. The second-order valence-electron chi connectivity index (χ2n) is 10.1. The van der Waals surface area contributed by atoms with Crippen LogP contribution in [0.2, 0.25) is 0 Å². The lowest BCUT2D eigenvalue weighted by molar-refractivity contribution is -0.160. The second-order valence-corrected chi connectivity index (χ2v) is 13.3. The molecule has 1 aromatic heterocycles. The van der Waals surface area contributed by atoms with Crippen molar-refractivity contribution in [2.24, 2.45) is 23.2 Å². The molecule has 4 saturated carbocycles. The van der Waals surface area contributed by atoms with Gasteiger partial charge in [-0.15, -0.1) is 11.3 Å². The van der Waals surface area contributed by atoms with E-state index in [2.05, 4.69) is 0 Å². The summed E-state index contributed by atoms with van der Waals surface area (Å²) in [5.41, 5.74) is -0.143. The molecule has 2 amide bonds. The van der Waals surface area contributed by atoms with Crippen molar-refractivity contribution < 1.29 is 18.0 Å². The number of nitrogens with zero attached hydrogens (tertiary/aromatic N) is 3. The molecule has 1 saturated heterocycles. The first-order chi connectivity index (χ1) is 14.8. The molecule has 6 rings (SSSR count). The molecule has 170 valence electrons. The summed E-state index contributed by atoms with van der Waals surface area (Å²) in [7, 11) is -2.20. The van der Waals surface area contributed by atoms with E-state index < -0.39 is 10.0 Å². The number of sulfonamides is 1. The number of carbonyl (C=O) groups is 2. The molecule has 4 bridgehead atoms. The summed E-state index contributed by atoms with van der Waals surface area (Å²) in [6.45, 7) is 1.87. The molecular formula is C22H31N3O4S2. The van der Waals surface area contributed by atoms with Crippen LogP contribution in [0, 0.1) is 23.2 Å². The zero-order valence-corrected chi connectivity index (χ0v) is 19.7. The maximum Gasteiger partial charge on any atom is 0.252 e. The van der Waals surface area contributed by atoms with Crippen LogP contribution in [0.25, 0.3) is 0 Å². The highest BCUT2D eigenvalue weighted by Crippen LogP contribution is 2.60. The quantitative estimate of drug-likeness (QED) is 0.668. The van der Waals surface area contributed by atoms with Crippen molar-refractivity contribution in [1.82, 2.24) is 14.1 Å². The van der Waals surface area contributed by atoms with E-state index in [1.54, 1.807) is 22.4 Å².